The van der Waals surface area contributed by atoms with Crippen LogP contribution in [0.5, 0.6) is 0 Å². The molecule has 2 amide bonds. The second kappa shape index (κ2) is 8.99. The number of esters is 1. The molecule has 1 saturated heterocycles. The fourth-order valence-electron chi connectivity index (χ4n) is 2.98. The highest BCUT2D eigenvalue weighted by Gasteiger charge is 2.30. The van der Waals surface area contributed by atoms with Crippen LogP contribution in [-0.4, -0.2) is 42.9 Å². The highest BCUT2D eigenvalue weighted by molar-refractivity contribution is 7.10. The van der Waals surface area contributed by atoms with Crippen molar-refractivity contribution >= 4 is 29.1 Å². The zero-order chi connectivity index (χ0) is 18.4. The van der Waals surface area contributed by atoms with Crippen molar-refractivity contribution in [3.63, 3.8) is 0 Å². The SMILES string of the molecule is COC(=O)CC(NC(=O)C1CCN(C(=O)C(C)C)CC1)c1cccs1. The molecule has 0 radical (unpaired) electrons. The normalized spacial score (nSPS) is 16.6. The minimum absolute atomic E-state index is 0.0198. The van der Waals surface area contributed by atoms with Crippen molar-refractivity contribution in [2.75, 3.05) is 20.2 Å². The number of nitrogens with one attached hydrogen (secondary N) is 1. The Labute approximate surface area is 152 Å². The first-order valence-corrected chi connectivity index (χ1v) is 9.49. The van der Waals surface area contributed by atoms with E-state index >= 15 is 0 Å². The van der Waals surface area contributed by atoms with Crippen molar-refractivity contribution in [3.05, 3.63) is 22.4 Å². The van der Waals surface area contributed by atoms with Crippen LogP contribution in [0.2, 0.25) is 0 Å². The van der Waals surface area contributed by atoms with Crippen LogP contribution in [0.3, 0.4) is 0 Å². The number of ether oxygens (including phenoxy) is 1. The van der Waals surface area contributed by atoms with E-state index < -0.39 is 0 Å². The second-order valence-corrected chi connectivity index (χ2v) is 7.59. The van der Waals surface area contributed by atoms with E-state index in [1.165, 1.54) is 18.4 Å². The van der Waals surface area contributed by atoms with Gasteiger partial charge in [0, 0.05) is 29.8 Å². The lowest BCUT2D eigenvalue weighted by molar-refractivity contribution is -0.142. The zero-order valence-corrected chi connectivity index (χ0v) is 15.8. The van der Waals surface area contributed by atoms with E-state index in [4.69, 9.17) is 4.74 Å². The molecule has 25 heavy (non-hydrogen) atoms. The molecule has 1 atom stereocenters. The van der Waals surface area contributed by atoms with Crippen LogP contribution in [0.1, 0.15) is 44.0 Å². The first-order chi connectivity index (χ1) is 11.9. The molecule has 0 aliphatic carbocycles. The first kappa shape index (κ1) is 19.4. The molecule has 1 aromatic heterocycles. The summed E-state index contributed by atoms with van der Waals surface area (Å²) in [6.07, 6.45) is 1.42. The number of amides is 2. The van der Waals surface area contributed by atoms with Crippen molar-refractivity contribution < 1.29 is 19.1 Å². The molecular formula is C18H26N2O4S. The Bertz CT molecular complexity index is 592. The van der Waals surface area contributed by atoms with Gasteiger partial charge in [-0.05, 0) is 24.3 Å². The van der Waals surface area contributed by atoms with Gasteiger partial charge >= 0.3 is 5.97 Å². The molecule has 0 spiro atoms. The van der Waals surface area contributed by atoms with Crippen molar-refractivity contribution in [3.8, 4) is 0 Å². The van der Waals surface area contributed by atoms with Crippen molar-refractivity contribution in [2.24, 2.45) is 11.8 Å². The van der Waals surface area contributed by atoms with Crippen molar-refractivity contribution in [1.29, 1.82) is 0 Å². The zero-order valence-electron chi connectivity index (χ0n) is 15.0. The summed E-state index contributed by atoms with van der Waals surface area (Å²) >= 11 is 1.50. The Morgan fingerprint density at radius 2 is 2.00 bits per heavy atom. The average molecular weight is 366 g/mol. The second-order valence-electron chi connectivity index (χ2n) is 6.61. The molecule has 7 heteroatoms. The van der Waals surface area contributed by atoms with Crippen LogP contribution in [-0.2, 0) is 19.1 Å². The number of methoxy groups -OCH3 is 1. The molecule has 6 nitrogen and oxygen atoms in total. The number of nitrogens with zero attached hydrogens (tertiary/aromatic N) is 1. The lowest BCUT2D eigenvalue weighted by atomic mass is 9.94. The fraction of sp³-hybridized carbons (Fsp3) is 0.611. The van der Waals surface area contributed by atoms with Gasteiger partial charge in [0.1, 0.15) is 0 Å². The number of likely N-dealkylation sites (tertiary alicyclic amines) is 1. The molecule has 2 heterocycles. The third-order valence-electron chi connectivity index (χ3n) is 4.47. The molecule has 0 aromatic carbocycles. The molecule has 138 valence electrons. The predicted octanol–water partition coefficient (Wildman–Crippen LogP) is 2.36. The van der Waals surface area contributed by atoms with Crippen molar-refractivity contribution in [2.45, 2.75) is 39.2 Å². The summed E-state index contributed by atoms with van der Waals surface area (Å²) in [4.78, 5) is 39.1. The maximum Gasteiger partial charge on any atom is 0.307 e. The fourth-order valence-corrected chi connectivity index (χ4v) is 3.76. The number of carbonyl (C=O) groups excluding carboxylic acids is 3. The van der Waals surface area contributed by atoms with Crippen LogP contribution in [0, 0.1) is 11.8 Å². The number of hydrogen-bond acceptors (Lipinski definition) is 5. The molecule has 1 aliphatic rings. The molecule has 2 rings (SSSR count). The number of carbonyl (C=O) groups is 3. The Kier molecular flexibility index (Phi) is 6.99. The van der Waals surface area contributed by atoms with Gasteiger partial charge in [0.25, 0.3) is 0 Å². The number of rotatable bonds is 6. The molecule has 1 aliphatic heterocycles. The van der Waals surface area contributed by atoms with E-state index in [1.807, 2.05) is 36.3 Å². The summed E-state index contributed by atoms with van der Waals surface area (Å²) < 4.78 is 4.74. The number of thiophene rings is 1. The Hall–Kier alpha value is -1.89. The smallest absolute Gasteiger partial charge is 0.307 e. The molecule has 1 N–H and O–H groups in total. The van der Waals surface area contributed by atoms with Crippen molar-refractivity contribution in [1.82, 2.24) is 10.2 Å². The summed E-state index contributed by atoms with van der Waals surface area (Å²) in [5, 5.41) is 4.91. The van der Waals surface area contributed by atoms with Crippen LogP contribution >= 0.6 is 11.3 Å². The van der Waals surface area contributed by atoms with Crippen LogP contribution < -0.4 is 5.32 Å². The van der Waals surface area contributed by atoms with E-state index in [2.05, 4.69) is 5.32 Å². The summed E-state index contributed by atoms with van der Waals surface area (Å²) in [7, 11) is 1.34. The number of piperidine rings is 1. The minimum atomic E-state index is -0.365. The van der Waals surface area contributed by atoms with E-state index in [9.17, 15) is 14.4 Å². The maximum atomic E-state index is 12.6. The van der Waals surface area contributed by atoms with Gasteiger partial charge in [-0.3, -0.25) is 14.4 Å². The Morgan fingerprint density at radius 1 is 1.32 bits per heavy atom. The Morgan fingerprint density at radius 3 is 2.52 bits per heavy atom. The van der Waals surface area contributed by atoms with Gasteiger partial charge in [-0.2, -0.15) is 0 Å². The molecule has 1 unspecified atom stereocenters. The average Bonchev–Trinajstić information content (AvgIpc) is 3.14. The summed E-state index contributed by atoms with van der Waals surface area (Å²) in [6.45, 7) is 4.99. The van der Waals surface area contributed by atoms with Gasteiger partial charge in [-0.15, -0.1) is 11.3 Å². The number of hydrogen-bond donors (Lipinski definition) is 1. The summed E-state index contributed by atoms with van der Waals surface area (Å²) in [5.41, 5.74) is 0. The largest absolute Gasteiger partial charge is 0.469 e. The lowest BCUT2D eigenvalue weighted by Crippen LogP contribution is -2.45. The van der Waals surface area contributed by atoms with Gasteiger partial charge in [0.05, 0.1) is 19.6 Å². The monoisotopic (exact) mass is 366 g/mol. The minimum Gasteiger partial charge on any atom is -0.469 e. The first-order valence-electron chi connectivity index (χ1n) is 8.61. The van der Waals surface area contributed by atoms with Crippen LogP contribution in [0.15, 0.2) is 17.5 Å². The van der Waals surface area contributed by atoms with Crippen LogP contribution in [0.25, 0.3) is 0 Å². The molecule has 0 bridgehead atoms. The highest BCUT2D eigenvalue weighted by atomic mass is 32.1. The van der Waals surface area contributed by atoms with Gasteiger partial charge < -0.3 is 15.0 Å². The summed E-state index contributed by atoms with van der Waals surface area (Å²) in [6, 6.07) is 3.44. The van der Waals surface area contributed by atoms with E-state index in [0.717, 1.165) is 4.88 Å². The highest BCUT2D eigenvalue weighted by Crippen LogP contribution is 2.25. The van der Waals surface area contributed by atoms with Gasteiger partial charge in [-0.25, -0.2) is 0 Å². The van der Waals surface area contributed by atoms with Crippen LogP contribution in [0.4, 0.5) is 0 Å². The Balaban J connectivity index is 1.93. The topological polar surface area (TPSA) is 75.7 Å². The third-order valence-corrected chi connectivity index (χ3v) is 5.46. The quantitative estimate of drug-likeness (QED) is 0.784. The molecule has 1 aromatic rings. The van der Waals surface area contributed by atoms with E-state index in [0.29, 0.717) is 25.9 Å². The van der Waals surface area contributed by atoms with E-state index in [1.54, 1.807) is 0 Å². The maximum absolute atomic E-state index is 12.6. The standard InChI is InChI=1S/C18H26N2O4S/c1-12(2)18(23)20-8-6-13(7-9-20)17(22)19-14(11-16(21)24-3)15-5-4-10-25-15/h4-5,10,12-14H,6-9,11H2,1-3H3,(H,19,22). The van der Waals surface area contributed by atoms with Gasteiger partial charge in [-0.1, -0.05) is 19.9 Å². The lowest BCUT2D eigenvalue weighted by Gasteiger charge is -2.33. The molecule has 1 fully saturated rings. The van der Waals surface area contributed by atoms with Gasteiger partial charge in [0.2, 0.25) is 11.8 Å². The molecule has 0 saturated carbocycles. The van der Waals surface area contributed by atoms with E-state index in [-0.39, 0.29) is 42.1 Å². The summed E-state index contributed by atoms with van der Waals surface area (Å²) in [5.74, 6) is -0.416. The third kappa shape index (κ3) is 5.29. The molecular weight excluding hydrogens is 340 g/mol. The predicted molar refractivity (Wildman–Crippen MR) is 96.0 cm³/mol. The van der Waals surface area contributed by atoms with Gasteiger partial charge in [0.15, 0.2) is 0 Å².